The second-order valence-electron chi connectivity index (χ2n) is 13.9. The van der Waals surface area contributed by atoms with E-state index in [1.54, 1.807) is 33.9 Å². The summed E-state index contributed by atoms with van der Waals surface area (Å²) in [6.45, 7) is 8.79. The highest BCUT2D eigenvalue weighted by atomic mass is 79.9. The van der Waals surface area contributed by atoms with Gasteiger partial charge in [0.15, 0.2) is 0 Å². The second-order valence-corrected chi connectivity index (χ2v) is 14.7. The number of amides is 3. The molecule has 13 nitrogen and oxygen atoms in total. The van der Waals surface area contributed by atoms with E-state index in [1.807, 2.05) is 12.2 Å². The number of carbonyl (C=O) groups excluding carboxylic acids is 4. The van der Waals surface area contributed by atoms with Crippen LogP contribution in [0.1, 0.15) is 91.5 Å². The lowest BCUT2D eigenvalue weighted by Crippen LogP contribution is -2.56. The summed E-state index contributed by atoms with van der Waals surface area (Å²) >= 11 is 3.49. The van der Waals surface area contributed by atoms with E-state index in [2.05, 4.69) is 36.6 Å². The van der Waals surface area contributed by atoms with Crippen molar-refractivity contribution in [2.45, 2.75) is 115 Å². The first-order valence-electron chi connectivity index (χ1n) is 16.8. The zero-order valence-electron chi connectivity index (χ0n) is 27.8. The first-order chi connectivity index (χ1) is 22.3. The van der Waals surface area contributed by atoms with Crippen LogP contribution in [0, 0.1) is 5.92 Å². The first kappa shape index (κ1) is 34.9. The highest BCUT2D eigenvalue weighted by molar-refractivity contribution is 9.10. The fourth-order valence-electron chi connectivity index (χ4n) is 6.83. The van der Waals surface area contributed by atoms with E-state index in [1.165, 1.54) is 9.58 Å². The van der Waals surface area contributed by atoms with Crippen LogP contribution in [-0.2, 0) is 23.9 Å². The lowest BCUT2D eigenvalue weighted by atomic mass is 10.0. The number of alkyl carbamates (subject to hydrolysis) is 1. The Labute approximate surface area is 283 Å². The van der Waals surface area contributed by atoms with Crippen molar-refractivity contribution in [2.24, 2.45) is 5.92 Å². The zero-order valence-corrected chi connectivity index (χ0v) is 29.3. The maximum Gasteiger partial charge on any atom is 0.408 e. The molecule has 2 saturated heterocycles. The maximum atomic E-state index is 14.3. The van der Waals surface area contributed by atoms with Gasteiger partial charge in [-0.2, -0.15) is 5.10 Å². The molecule has 1 aromatic rings. The van der Waals surface area contributed by atoms with Gasteiger partial charge in [0.05, 0.1) is 24.5 Å². The number of nitrogens with one attached hydrogen (secondary N) is 2. The number of rotatable bonds is 5. The third-order valence-corrected chi connectivity index (χ3v) is 10.0. The molecule has 5 atom stereocenters. The van der Waals surface area contributed by atoms with Crippen LogP contribution in [0.5, 0.6) is 0 Å². The molecule has 47 heavy (non-hydrogen) atoms. The Kier molecular flexibility index (Phi) is 10.7. The molecule has 3 amide bonds. The number of ether oxygens (including phenoxy) is 2. The van der Waals surface area contributed by atoms with Gasteiger partial charge in [0, 0.05) is 32.0 Å². The largest absolute Gasteiger partial charge is 0.464 e. The summed E-state index contributed by atoms with van der Waals surface area (Å²) < 4.78 is 12.6. The number of carbonyl (C=O) groups is 4. The molecule has 1 aliphatic carbocycles. The monoisotopic (exact) mass is 718 g/mol. The molecule has 0 aromatic carbocycles. The number of hydrogen-bond acceptors (Lipinski definition) is 9. The standard InChI is InChI=1S/C33H47BrN6O7/c1-5-46-30(44)33-18-21(33)13-9-7-6-8-10-14-23(36-31(45)47-32(2,3)4)28(42)39-20-22(17-24(39)27(41)37-33)40-29(43)26(34)25(19-35-40)38-15-11-12-16-38/h9,13,19,21-24H,5-8,10-12,14-18,20H2,1-4H3,(H,36,45)(H,37,41)/b13-9-/t21-,22+,23-,24-,33+/m0/s1. The summed E-state index contributed by atoms with van der Waals surface area (Å²) in [5.41, 5.74) is -1.63. The number of hydrogen-bond donors (Lipinski definition) is 2. The van der Waals surface area contributed by atoms with Crippen molar-refractivity contribution < 1.29 is 28.7 Å². The van der Waals surface area contributed by atoms with Gasteiger partial charge >= 0.3 is 12.1 Å². The van der Waals surface area contributed by atoms with E-state index in [9.17, 15) is 24.0 Å². The van der Waals surface area contributed by atoms with Crippen LogP contribution in [0.2, 0.25) is 0 Å². The van der Waals surface area contributed by atoms with Gasteiger partial charge in [-0.25, -0.2) is 14.3 Å². The normalized spacial score (nSPS) is 29.1. The van der Waals surface area contributed by atoms with Crippen LogP contribution in [-0.4, -0.2) is 88.0 Å². The zero-order chi connectivity index (χ0) is 33.9. The molecule has 1 aromatic heterocycles. The highest BCUT2D eigenvalue weighted by Crippen LogP contribution is 2.46. The highest BCUT2D eigenvalue weighted by Gasteiger charge is 2.62. The van der Waals surface area contributed by atoms with Crippen molar-refractivity contribution in [3.8, 4) is 0 Å². The lowest BCUT2D eigenvalue weighted by Gasteiger charge is -2.30. The van der Waals surface area contributed by atoms with Crippen molar-refractivity contribution in [2.75, 3.05) is 31.1 Å². The van der Waals surface area contributed by atoms with Crippen LogP contribution in [0.15, 0.2) is 27.6 Å². The number of aromatic nitrogens is 2. The molecule has 5 rings (SSSR count). The van der Waals surface area contributed by atoms with Crippen LogP contribution < -0.4 is 21.1 Å². The van der Waals surface area contributed by atoms with Gasteiger partial charge < -0.3 is 29.9 Å². The van der Waals surface area contributed by atoms with Gasteiger partial charge in [0.2, 0.25) is 11.8 Å². The topological polar surface area (TPSA) is 152 Å². The number of fused-ring (bicyclic) bond motifs is 2. The summed E-state index contributed by atoms with van der Waals surface area (Å²) in [4.78, 5) is 71.7. The molecule has 1 saturated carbocycles. The molecule has 3 aliphatic heterocycles. The van der Waals surface area contributed by atoms with Crippen LogP contribution in [0.3, 0.4) is 0 Å². The fourth-order valence-corrected chi connectivity index (χ4v) is 7.36. The van der Waals surface area contributed by atoms with E-state index in [-0.39, 0.29) is 31.0 Å². The van der Waals surface area contributed by atoms with Crippen LogP contribution >= 0.6 is 15.9 Å². The summed E-state index contributed by atoms with van der Waals surface area (Å²) in [6, 6.07) is -2.61. The van der Waals surface area contributed by atoms with Crippen LogP contribution in [0.4, 0.5) is 10.5 Å². The molecule has 4 heterocycles. The molecule has 4 aliphatic rings. The van der Waals surface area contributed by atoms with Crippen molar-refractivity contribution >= 4 is 45.5 Å². The Balaban J connectivity index is 1.48. The molecular formula is C33H47BrN6O7. The second kappa shape index (κ2) is 14.4. The Hall–Kier alpha value is -3.42. The number of allylic oxidation sites excluding steroid dienone is 1. The number of esters is 1. The van der Waals surface area contributed by atoms with Crippen molar-refractivity contribution in [1.29, 1.82) is 0 Å². The Morgan fingerprint density at radius 3 is 2.57 bits per heavy atom. The summed E-state index contributed by atoms with van der Waals surface area (Å²) in [5.74, 6) is -1.71. The molecule has 0 spiro atoms. The third-order valence-electron chi connectivity index (χ3n) is 9.30. The van der Waals surface area contributed by atoms with Gasteiger partial charge in [0.1, 0.15) is 27.7 Å². The van der Waals surface area contributed by atoms with Gasteiger partial charge in [0.25, 0.3) is 5.56 Å². The SMILES string of the molecule is CCOC(=O)[C@@]12C[C@@H]1/C=C\CCCCC[C@H](NC(=O)OC(C)(C)C)C(=O)N1C[C@H](n3ncc(N4CCCC4)c(Br)c3=O)C[C@H]1C(=O)N2. The predicted molar refractivity (Wildman–Crippen MR) is 178 cm³/mol. The van der Waals surface area contributed by atoms with E-state index in [0.717, 1.165) is 50.9 Å². The fraction of sp³-hybridized carbons (Fsp3) is 0.697. The van der Waals surface area contributed by atoms with Gasteiger partial charge in [-0.05, 0) is 82.1 Å². The van der Waals surface area contributed by atoms with Crippen molar-refractivity contribution in [3.05, 3.63) is 33.2 Å². The minimum Gasteiger partial charge on any atom is -0.464 e. The lowest BCUT2D eigenvalue weighted by molar-refractivity contribution is -0.150. The Bertz CT molecular complexity index is 1450. The van der Waals surface area contributed by atoms with Gasteiger partial charge in [-0.3, -0.25) is 14.4 Å². The quantitative estimate of drug-likeness (QED) is 0.344. The molecule has 14 heteroatoms. The number of halogens is 1. The van der Waals surface area contributed by atoms with E-state index in [4.69, 9.17) is 9.47 Å². The van der Waals surface area contributed by atoms with E-state index < -0.39 is 53.1 Å². The predicted octanol–water partition coefficient (Wildman–Crippen LogP) is 3.60. The Morgan fingerprint density at radius 2 is 1.87 bits per heavy atom. The van der Waals surface area contributed by atoms with Crippen molar-refractivity contribution in [1.82, 2.24) is 25.3 Å². The molecule has 0 radical (unpaired) electrons. The summed E-state index contributed by atoms with van der Waals surface area (Å²) in [7, 11) is 0. The average molecular weight is 720 g/mol. The van der Waals surface area contributed by atoms with Gasteiger partial charge in [-0.15, -0.1) is 0 Å². The molecule has 0 bridgehead atoms. The van der Waals surface area contributed by atoms with Crippen molar-refractivity contribution in [3.63, 3.8) is 0 Å². The number of anilines is 1. The summed E-state index contributed by atoms with van der Waals surface area (Å²) in [5, 5.41) is 10.2. The minimum atomic E-state index is -1.22. The third kappa shape index (κ3) is 7.84. The Morgan fingerprint density at radius 1 is 1.13 bits per heavy atom. The molecule has 0 unspecified atom stereocenters. The van der Waals surface area contributed by atoms with Gasteiger partial charge in [-0.1, -0.05) is 25.0 Å². The van der Waals surface area contributed by atoms with Crippen LogP contribution in [0.25, 0.3) is 0 Å². The molecule has 258 valence electrons. The van der Waals surface area contributed by atoms with E-state index >= 15 is 0 Å². The smallest absolute Gasteiger partial charge is 0.408 e. The van der Waals surface area contributed by atoms with E-state index in [0.29, 0.717) is 23.7 Å². The average Bonchev–Trinajstić information content (AvgIpc) is 3.33. The maximum absolute atomic E-state index is 14.3. The minimum absolute atomic E-state index is 0.0154. The molecule has 3 fully saturated rings. The molecule has 2 N–H and O–H groups in total. The first-order valence-corrected chi connectivity index (χ1v) is 17.6. The molecular weight excluding hydrogens is 672 g/mol. The summed E-state index contributed by atoms with van der Waals surface area (Å²) in [6.07, 6.45) is 11.0. The number of nitrogens with zero attached hydrogens (tertiary/aromatic N) is 4.